The summed E-state index contributed by atoms with van der Waals surface area (Å²) >= 11 is 15.6. The van der Waals surface area contributed by atoms with E-state index in [-0.39, 0.29) is 435 Å². The Hall–Kier alpha value is 20.5. The molecular weight excluding hydrogens is 5340 g/mol. The van der Waals surface area contributed by atoms with Crippen LogP contribution in [0, 0.1) is 404 Å². The first kappa shape index (κ1) is 170. The van der Waals surface area contributed by atoms with E-state index >= 15 is 4.39 Å². The predicted octanol–water partition coefficient (Wildman–Crippen LogP) is 10.8. The number of nitrogens with one attached hydrogen (secondary N) is 2. The monoisotopic (exact) mass is 5440 g/mol. The van der Waals surface area contributed by atoms with E-state index in [1.807, 2.05) is 236 Å². The van der Waals surface area contributed by atoms with E-state index in [9.17, 15) is 28.7 Å². The topological polar surface area (TPSA) is 234 Å². The number of aliphatic hydroxyl groups excluding tert-OH is 4. The standard InChI is InChI=1S/C24H43FN3O5PS2.C9H11FN2O4.C9H20OS2.C7H17ClNP.2CH4O.S34.13U/c1-15(2)28(16(3)4)34(31-14-10-11-17(5)35-36-24(7,8)9)33-21-18(6)32-22(20(21)25)27-13-12-19(29)26-23(27)30;1-4-7(14)6(10)8(16-4)12-3-2-5(13)11-9(12)15;1-8(6-5-7-10)11-12-9(2,3)4;1-6(2)9(7(3)4)10(5)8;2*1-2;1-3-5-7-9-11-13-15-17-19-21-23-25-27-29-31-33-34-32-30-28-26-24-22-20-18-16-14-12-10-8-6-4-2;;;;;;;;;;;;;/h12-13,15-18,20-22H,10-11,14H2,1-9H3,(H,26,29,30);2-4,6-8,14H,1H3,(H,11,13,15);8,10H,5-7H2,1-4H3;6-7H,1-5H3;2*2H,1H3;;;;;;;;;;;;;;/t17?,18-,20+,21?,22-,34?;4-,6+,7?,8-;;;;;;;;;;;;;;;;;;/m11................../s1/i6D;1D;;;2*2T;;;;;;;;;;;;;;. The van der Waals surface area contributed by atoms with Gasteiger partial charge in [0.15, 0.2) is 24.8 Å². The van der Waals surface area contributed by atoms with Gasteiger partial charge in [0.1, 0.15) is 12.2 Å². The summed E-state index contributed by atoms with van der Waals surface area (Å²) in [6, 6.07) is 3.48. The van der Waals surface area contributed by atoms with Crippen LogP contribution in [0.1, 0.15) is 165 Å². The van der Waals surface area contributed by atoms with Crippen molar-refractivity contribution in [3.05, 3.63) is 66.2 Å². The first-order valence-electron chi connectivity index (χ1n) is 33.6. The van der Waals surface area contributed by atoms with E-state index in [2.05, 4.69) is 114 Å². The van der Waals surface area contributed by atoms with Gasteiger partial charge in [-0.3, -0.25) is 33.4 Å². The molecule has 6 N–H and O–H groups in total. The Morgan fingerprint density at radius 3 is 1.02 bits per heavy atom. The Kier molecular flexibility index (Phi) is 166. The number of rotatable bonds is 22. The zero-order valence-electron chi connectivity index (χ0n) is 73.9. The van der Waals surface area contributed by atoms with Gasteiger partial charge in [-0.1, -0.05) is 110 Å². The number of aliphatic hydroxyl groups is 4. The van der Waals surface area contributed by atoms with Crippen molar-refractivity contribution in [1.82, 2.24) is 28.4 Å². The second-order valence-corrected chi connectivity index (χ2v) is 90.9. The molecule has 6 unspecified atom stereocenters. The molecule has 18 nitrogen and oxygen atoms in total. The molecule has 2 aliphatic rings. The zero-order chi connectivity index (χ0) is 88.5. The van der Waals surface area contributed by atoms with Gasteiger partial charge in [0.25, 0.3) is 19.6 Å². The molecule has 4 rings (SSSR count). The molecule has 0 spiro atoms. The van der Waals surface area contributed by atoms with Gasteiger partial charge < -0.3 is 39.0 Å². The van der Waals surface area contributed by atoms with Gasteiger partial charge in [-0.05, 0) is 102 Å². The smallest absolute Gasteiger partial charge is 0.330 e. The van der Waals surface area contributed by atoms with Gasteiger partial charge in [0, 0.05) is 803 Å². The largest absolute Gasteiger partial charge is 0.400 e. The van der Waals surface area contributed by atoms with Crippen LogP contribution in [0.15, 0.2) is 43.7 Å². The van der Waals surface area contributed by atoms with E-state index in [4.69, 9.17) is 62.8 Å². The summed E-state index contributed by atoms with van der Waals surface area (Å²) in [6.45, 7) is 36.9. The Morgan fingerprint density at radius 1 is 0.512 bits per heavy atom. The molecule has 0 bridgehead atoms. The molecule has 2 aromatic rings. The summed E-state index contributed by atoms with van der Waals surface area (Å²) in [5, 5.41) is 26.2. The SMILES string of the molecule is CC(C)N(C(C)C)P(C)Cl.CC(CCCO)SSC(C)(C)C.S=S=S=S=S=S=S=S=S=S=S=S=S=S=S=S=S=S=S=S=S=S=S=S=S=S=S=S=S=S=S=S=S=S.[2H]C[C@H]1O[C@@H](n2ccc(=O)[nH]c2=O)[C@@H](F)C1O.[2H]C[C@H]1O[C@@H](n2ccc(=O)[nH]c2=O)[C@@H](F)C1OP(OCCCC(C)SSC(C)(C)C)N(C(C)C)C(C)C.[3H]OC.[3H]OC.[U].[U].[U].[U].[U].[U].[U].[U].[U].[U].[U].[U].[U]. The zero-order valence-corrected chi connectivity index (χ0v) is 158. The van der Waals surface area contributed by atoms with Crippen LogP contribution in [0.2, 0.25) is 0 Å². The molecule has 74 heteroatoms. The molecule has 0 radical (unpaired) electrons. The molecular formula is C51H99ClF2N6O12P2S38U13. The van der Waals surface area contributed by atoms with Crippen LogP contribution >= 0.6 is 70.4 Å². The van der Waals surface area contributed by atoms with E-state index in [0.29, 0.717) is 40.5 Å². The van der Waals surface area contributed by atoms with Crippen LogP contribution in [0.5, 0.6) is 0 Å². The number of aromatic nitrogens is 4. The number of ether oxygens (including phenoxy) is 2. The molecule has 2 aliphatic heterocycles. The van der Waals surface area contributed by atoms with E-state index in [0.717, 1.165) is 53.1 Å². The van der Waals surface area contributed by atoms with E-state index in [1.165, 1.54) is 38.2 Å². The van der Waals surface area contributed by atoms with Crippen LogP contribution in [-0.4, -0.2) is 167 Å². The number of aromatic amines is 2. The minimum Gasteiger partial charge on any atom is -0.400 e. The van der Waals surface area contributed by atoms with Crippen LogP contribution in [0.3, 0.4) is 0 Å². The van der Waals surface area contributed by atoms with Crippen molar-refractivity contribution >= 4 is 377 Å². The average Bonchev–Trinajstić information content (AvgIpc) is 1.64. The first-order valence-corrected chi connectivity index (χ1v) is 83.6. The van der Waals surface area contributed by atoms with Crippen LogP contribution in [0.25, 0.3) is 0 Å². The van der Waals surface area contributed by atoms with Gasteiger partial charge >= 0.3 is 11.4 Å². The molecule has 2 aromatic heterocycles. The fourth-order valence-corrected chi connectivity index (χ4v) is 98.6. The third-order valence-electron chi connectivity index (χ3n) is 11.2. The normalized spacial score (nSPS) is 16.7. The number of H-pyrrole nitrogens is 2. The molecule has 0 aromatic carbocycles. The van der Waals surface area contributed by atoms with Gasteiger partial charge in [-0.15, -0.1) is 0 Å². The Morgan fingerprint density at radius 2 is 0.784 bits per heavy atom. The van der Waals surface area contributed by atoms with Crippen molar-refractivity contribution in [3.8, 4) is 0 Å². The third kappa shape index (κ3) is 103. The summed E-state index contributed by atoms with van der Waals surface area (Å²) in [7, 11) is 64.5. The quantitative estimate of drug-likeness (QED) is 0.0365. The summed E-state index contributed by atoms with van der Waals surface area (Å²) in [6.07, 6.45) is -4.40. The van der Waals surface area contributed by atoms with Crippen molar-refractivity contribution in [3.63, 3.8) is 0 Å². The predicted molar refractivity (Wildman–Crippen MR) is 579 cm³/mol. The summed E-state index contributed by atoms with van der Waals surface area (Å²) < 4.78 is 85.9. The number of hydrogen-bond acceptors (Lipinski definition) is 20. The van der Waals surface area contributed by atoms with Crippen LogP contribution < -0.4 is 22.5 Å². The fourth-order valence-electron chi connectivity index (χ4n) is 7.47. The second kappa shape index (κ2) is 122. The molecule has 716 valence electrons. The Balaban J connectivity index is -0.0000000906. The Labute approximate surface area is 1180 Å². The molecule has 0 amide bonds. The average molecular weight is 5440 g/mol. The maximum absolute atomic E-state index is 15.7. The summed E-state index contributed by atoms with van der Waals surface area (Å²) in [5.41, 5.74) is -2.77. The minimum absolute atomic E-state index is 0. The number of alkyl halides is 2. The van der Waals surface area contributed by atoms with Gasteiger partial charge in [0.05, 0.1) is 26.2 Å². The summed E-state index contributed by atoms with van der Waals surface area (Å²) in [4.78, 5) is 50.0. The van der Waals surface area contributed by atoms with Crippen molar-refractivity contribution in [2.24, 2.45) is 0 Å². The van der Waals surface area contributed by atoms with E-state index < -0.39 is 87.7 Å². The van der Waals surface area contributed by atoms with Gasteiger partial charge in [-0.2, -0.15) is 0 Å². The van der Waals surface area contributed by atoms with Crippen LogP contribution in [-0.2, 0) is 325 Å². The minimum atomic E-state index is -1.81. The van der Waals surface area contributed by atoms with Crippen LogP contribution in [0.4, 0.5) is 8.78 Å². The molecule has 2 saturated heterocycles. The molecule has 12 atom stereocenters. The first-order chi connectivity index (χ1) is 54.9. The maximum atomic E-state index is 15.7. The van der Waals surface area contributed by atoms with E-state index in [1.54, 1.807) is 107 Å². The summed E-state index contributed by atoms with van der Waals surface area (Å²) in [5.74, 6) is 0. The molecule has 125 heavy (non-hydrogen) atoms. The van der Waals surface area contributed by atoms with Gasteiger partial charge in [0.2, 0.25) is 2.86 Å². The second-order valence-electron chi connectivity index (χ2n) is 23.2. The molecule has 2 fully saturated rings. The van der Waals surface area contributed by atoms with Gasteiger partial charge in [-0.25, -0.2) is 23.0 Å². The van der Waals surface area contributed by atoms with Crippen molar-refractivity contribution in [1.29, 1.82) is 2.86 Å². The fraction of sp³-hybridized carbons (Fsp3) is 0.843. The Bertz CT molecular complexity index is 4900. The van der Waals surface area contributed by atoms with Crippen molar-refractivity contribution in [2.45, 2.75) is 244 Å². The number of nitrogens with zero attached hydrogens (tertiary/aromatic N) is 4. The molecule has 0 aliphatic carbocycles. The van der Waals surface area contributed by atoms with Crippen molar-refractivity contribution < 1.29 is 455 Å². The third-order valence-corrected chi connectivity index (χ3v) is 92.1. The maximum Gasteiger partial charge on any atom is 0.330 e. The number of halogens is 3. The molecule has 0 saturated carbocycles. The number of hydrogen-bond donors (Lipinski definition) is 6. The molecule has 4 heterocycles. The van der Waals surface area contributed by atoms with Crippen molar-refractivity contribution in [2.75, 3.05) is 34.1 Å².